The standard InChI is InChI=1S/C21H19N5O4/c1-29-19-13-8-15(14-20(19)30-2)21(24-22-16-6-4-3-5-7-16)25-23-17-9-11-18(12-10-17)26(27)28/h3-14,23H,1-2H3. The summed E-state index contributed by atoms with van der Waals surface area (Å²) in [6.07, 6.45) is 0. The molecule has 0 bridgehead atoms. The van der Waals surface area contributed by atoms with Gasteiger partial charge < -0.3 is 9.47 Å². The summed E-state index contributed by atoms with van der Waals surface area (Å²) in [5, 5.41) is 23.6. The van der Waals surface area contributed by atoms with Crippen molar-refractivity contribution in [1.82, 2.24) is 0 Å². The lowest BCUT2D eigenvalue weighted by Crippen LogP contribution is -2.02. The van der Waals surface area contributed by atoms with E-state index < -0.39 is 4.92 Å². The number of rotatable bonds is 7. The number of hydrogen-bond acceptors (Lipinski definition) is 7. The molecule has 30 heavy (non-hydrogen) atoms. The first-order chi connectivity index (χ1) is 14.6. The largest absolute Gasteiger partial charge is 0.493 e. The molecule has 0 heterocycles. The number of nitrogens with zero attached hydrogens (tertiary/aromatic N) is 4. The average Bonchev–Trinajstić information content (AvgIpc) is 2.79. The second-order valence-corrected chi connectivity index (χ2v) is 5.96. The molecule has 0 fully saturated rings. The van der Waals surface area contributed by atoms with E-state index in [1.165, 1.54) is 12.1 Å². The van der Waals surface area contributed by atoms with Gasteiger partial charge in [-0.25, -0.2) is 0 Å². The van der Waals surface area contributed by atoms with Crippen molar-refractivity contribution in [2.45, 2.75) is 0 Å². The van der Waals surface area contributed by atoms with Crippen molar-refractivity contribution in [1.29, 1.82) is 0 Å². The summed E-state index contributed by atoms with van der Waals surface area (Å²) in [6, 6.07) is 20.4. The Morgan fingerprint density at radius 3 is 2.27 bits per heavy atom. The van der Waals surface area contributed by atoms with Gasteiger partial charge in [-0.2, -0.15) is 5.10 Å². The van der Waals surface area contributed by atoms with Crippen LogP contribution in [0.25, 0.3) is 0 Å². The third kappa shape index (κ3) is 5.16. The Labute approximate surface area is 172 Å². The van der Waals surface area contributed by atoms with Gasteiger partial charge in [0.05, 0.1) is 30.5 Å². The molecule has 3 aromatic rings. The van der Waals surface area contributed by atoms with Gasteiger partial charge in [-0.1, -0.05) is 18.2 Å². The highest BCUT2D eigenvalue weighted by molar-refractivity contribution is 6.00. The third-order valence-corrected chi connectivity index (χ3v) is 4.03. The summed E-state index contributed by atoms with van der Waals surface area (Å²) in [7, 11) is 3.09. The number of non-ortho nitro benzene ring substituents is 1. The molecular formula is C21H19N5O4. The smallest absolute Gasteiger partial charge is 0.269 e. The van der Waals surface area contributed by atoms with Crippen LogP contribution in [-0.2, 0) is 0 Å². The maximum atomic E-state index is 10.8. The minimum absolute atomic E-state index is 0.00610. The fraction of sp³-hybridized carbons (Fsp3) is 0.0952. The number of hydrogen-bond donors (Lipinski definition) is 1. The van der Waals surface area contributed by atoms with E-state index in [1.54, 1.807) is 44.6 Å². The molecule has 0 atom stereocenters. The van der Waals surface area contributed by atoms with Gasteiger partial charge in [-0.15, -0.1) is 10.2 Å². The molecule has 0 aliphatic carbocycles. The number of azo groups is 1. The lowest BCUT2D eigenvalue weighted by atomic mass is 10.2. The lowest BCUT2D eigenvalue weighted by Gasteiger charge is -2.09. The van der Waals surface area contributed by atoms with Crippen molar-refractivity contribution in [3.05, 3.63) is 88.5 Å². The van der Waals surface area contributed by atoms with Crippen LogP contribution < -0.4 is 14.9 Å². The molecule has 0 unspecified atom stereocenters. The fourth-order valence-corrected chi connectivity index (χ4v) is 2.49. The highest BCUT2D eigenvalue weighted by Gasteiger charge is 2.10. The summed E-state index contributed by atoms with van der Waals surface area (Å²) >= 11 is 0. The quantitative estimate of drug-likeness (QED) is 0.192. The van der Waals surface area contributed by atoms with E-state index in [0.717, 1.165) is 0 Å². The molecule has 0 saturated heterocycles. The molecule has 0 aliphatic rings. The number of anilines is 1. The van der Waals surface area contributed by atoms with Crippen LogP contribution in [0, 0.1) is 10.1 Å². The molecule has 3 aromatic carbocycles. The Bertz CT molecular complexity index is 1070. The van der Waals surface area contributed by atoms with Gasteiger partial charge in [-0.3, -0.25) is 15.5 Å². The van der Waals surface area contributed by atoms with E-state index >= 15 is 0 Å². The summed E-state index contributed by atoms with van der Waals surface area (Å²) < 4.78 is 10.6. The van der Waals surface area contributed by atoms with Crippen LogP contribution in [0.5, 0.6) is 11.5 Å². The second-order valence-electron chi connectivity index (χ2n) is 5.96. The Balaban J connectivity index is 1.93. The van der Waals surface area contributed by atoms with Crippen molar-refractivity contribution >= 4 is 22.9 Å². The molecular weight excluding hydrogens is 386 g/mol. The first-order valence-electron chi connectivity index (χ1n) is 8.88. The van der Waals surface area contributed by atoms with Crippen molar-refractivity contribution in [2.75, 3.05) is 19.6 Å². The van der Waals surface area contributed by atoms with Crippen LogP contribution in [0.4, 0.5) is 17.1 Å². The van der Waals surface area contributed by atoms with Crippen LogP contribution in [0.15, 0.2) is 88.1 Å². The Morgan fingerprint density at radius 1 is 0.933 bits per heavy atom. The monoisotopic (exact) mass is 405 g/mol. The maximum Gasteiger partial charge on any atom is 0.269 e. The maximum absolute atomic E-state index is 10.8. The number of methoxy groups -OCH3 is 2. The summed E-state index contributed by atoms with van der Waals surface area (Å²) in [4.78, 5) is 10.3. The molecule has 0 aliphatic heterocycles. The van der Waals surface area contributed by atoms with E-state index in [4.69, 9.17) is 9.47 Å². The van der Waals surface area contributed by atoms with Gasteiger partial charge in [0.25, 0.3) is 5.69 Å². The van der Waals surface area contributed by atoms with Gasteiger partial charge in [-0.05, 0) is 42.5 Å². The highest BCUT2D eigenvalue weighted by Crippen LogP contribution is 2.28. The summed E-state index contributed by atoms with van der Waals surface area (Å²) in [6.45, 7) is 0. The van der Waals surface area contributed by atoms with Gasteiger partial charge in [0.2, 0.25) is 5.84 Å². The highest BCUT2D eigenvalue weighted by atomic mass is 16.6. The van der Waals surface area contributed by atoms with Gasteiger partial charge in [0.15, 0.2) is 11.5 Å². The van der Waals surface area contributed by atoms with Crippen LogP contribution >= 0.6 is 0 Å². The van der Waals surface area contributed by atoms with Crippen LogP contribution in [0.1, 0.15) is 5.56 Å². The number of nitro groups is 1. The fourth-order valence-electron chi connectivity index (χ4n) is 2.49. The van der Waals surface area contributed by atoms with E-state index in [1.807, 2.05) is 30.3 Å². The number of hydrazone groups is 1. The molecule has 152 valence electrons. The number of amidine groups is 1. The molecule has 9 heteroatoms. The predicted molar refractivity (Wildman–Crippen MR) is 114 cm³/mol. The normalized spacial score (nSPS) is 11.3. The molecule has 0 aromatic heterocycles. The van der Waals surface area contributed by atoms with E-state index in [0.29, 0.717) is 28.4 Å². The molecule has 3 rings (SSSR count). The third-order valence-electron chi connectivity index (χ3n) is 4.03. The van der Waals surface area contributed by atoms with Gasteiger partial charge in [0.1, 0.15) is 0 Å². The van der Waals surface area contributed by atoms with Crippen molar-refractivity contribution in [3.63, 3.8) is 0 Å². The van der Waals surface area contributed by atoms with Crippen LogP contribution in [0.3, 0.4) is 0 Å². The van der Waals surface area contributed by atoms with Gasteiger partial charge in [0, 0.05) is 17.7 Å². The second kappa shape index (κ2) is 9.78. The minimum Gasteiger partial charge on any atom is -0.493 e. The Morgan fingerprint density at radius 2 is 1.63 bits per heavy atom. The van der Waals surface area contributed by atoms with Crippen molar-refractivity contribution in [3.8, 4) is 11.5 Å². The SMILES string of the molecule is COc1ccc(C(N=Nc2ccccc2)=NNc2ccc([N+](=O)[O-])cc2)cc1OC. The molecule has 9 nitrogen and oxygen atoms in total. The Hall–Kier alpha value is -4.27. The number of ether oxygens (including phenoxy) is 2. The zero-order valence-corrected chi connectivity index (χ0v) is 16.4. The summed E-state index contributed by atoms with van der Waals surface area (Å²) in [5.41, 5.74) is 4.72. The lowest BCUT2D eigenvalue weighted by molar-refractivity contribution is -0.384. The molecule has 0 spiro atoms. The zero-order chi connectivity index (χ0) is 21.3. The Kier molecular flexibility index (Phi) is 6.67. The zero-order valence-electron chi connectivity index (χ0n) is 16.4. The minimum atomic E-state index is -0.462. The summed E-state index contributed by atoms with van der Waals surface area (Å²) in [5.74, 6) is 1.38. The predicted octanol–water partition coefficient (Wildman–Crippen LogP) is 5.17. The van der Waals surface area contributed by atoms with Gasteiger partial charge >= 0.3 is 0 Å². The van der Waals surface area contributed by atoms with Crippen LogP contribution in [-0.4, -0.2) is 25.0 Å². The van der Waals surface area contributed by atoms with E-state index in [2.05, 4.69) is 20.8 Å². The van der Waals surface area contributed by atoms with Crippen molar-refractivity contribution < 1.29 is 14.4 Å². The van der Waals surface area contributed by atoms with Crippen molar-refractivity contribution in [2.24, 2.45) is 15.3 Å². The molecule has 0 radical (unpaired) electrons. The number of nitrogens with one attached hydrogen (secondary N) is 1. The molecule has 0 saturated carbocycles. The first kappa shape index (κ1) is 20.5. The molecule has 0 amide bonds. The number of nitro benzene ring substituents is 1. The van der Waals surface area contributed by atoms with E-state index in [-0.39, 0.29) is 11.5 Å². The molecule has 1 N–H and O–H groups in total. The van der Waals surface area contributed by atoms with Crippen LogP contribution in [0.2, 0.25) is 0 Å². The average molecular weight is 405 g/mol. The van der Waals surface area contributed by atoms with E-state index in [9.17, 15) is 10.1 Å². The first-order valence-corrected chi connectivity index (χ1v) is 8.88. The topological polar surface area (TPSA) is 111 Å². The number of benzene rings is 3.